The molecule has 2 heterocycles. The van der Waals surface area contributed by atoms with E-state index in [4.69, 9.17) is 4.42 Å². The minimum absolute atomic E-state index is 0.776. The van der Waals surface area contributed by atoms with Gasteiger partial charge in [-0.1, -0.05) is 18.7 Å². The van der Waals surface area contributed by atoms with Gasteiger partial charge >= 0.3 is 0 Å². The van der Waals surface area contributed by atoms with Gasteiger partial charge in [0.05, 0.1) is 12.3 Å². The molecule has 0 saturated heterocycles. The van der Waals surface area contributed by atoms with Crippen molar-refractivity contribution in [1.29, 1.82) is 0 Å². The van der Waals surface area contributed by atoms with Crippen molar-refractivity contribution in [1.82, 2.24) is 20.1 Å². The molecule has 0 fully saturated rings. The molecule has 0 aliphatic carbocycles. The molecule has 0 bridgehead atoms. The first-order valence-electron chi connectivity index (χ1n) is 5.54. The first kappa shape index (κ1) is 12.2. The third-order valence-corrected chi connectivity index (χ3v) is 3.34. The van der Waals surface area contributed by atoms with Gasteiger partial charge in [-0.3, -0.25) is 0 Å². The van der Waals surface area contributed by atoms with Crippen LogP contribution >= 0.6 is 11.8 Å². The summed E-state index contributed by atoms with van der Waals surface area (Å²) in [4.78, 5) is 0. The van der Waals surface area contributed by atoms with E-state index in [0.29, 0.717) is 0 Å². The van der Waals surface area contributed by atoms with Crippen LogP contribution in [0.3, 0.4) is 0 Å². The van der Waals surface area contributed by atoms with Crippen molar-refractivity contribution in [2.75, 3.05) is 6.54 Å². The molecule has 17 heavy (non-hydrogen) atoms. The number of furan rings is 1. The van der Waals surface area contributed by atoms with E-state index in [1.807, 2.05) is 23.7 Å². The molecule has 0 spiro atoms. The van der Waals surface area contributed by atoms with Gasteiger partial charge in [-0.15, -0.1) is 10.2 Å². The Hall–Kier alpha value is -1.27. The van der Waals surface area contributed by atoms with Gasteiger partial charge in [0.25, 0.3) is 0 Å². The molecule has 6 heteroatoms. The molecule has 0 aliphatic heterocycles. The van der Waals surface area contributed by atoms with E-state index in [1.165, 1.54) is 0 Å². The molecule has 2 aromatic heterocycles. The number of aryl methyl sites for hydroxylation is 1. The monoisotopic (exact) mass is 252 g/mol. The summed E-state index contributed by atoms with van der Waals surface area (Å²) >= 11 is 1.62. The highest BCUT2D eigenvalue weighted by Crippen LogP contribution is 2.21. The summed E-state index contributed by atoms with van der Waals surface area (Å²) in [5.74, 6) is 2.71. The van der Waals surface area contributed by atoms with Crippen LogP contribution in [0.15, 0.2) is 28.0 Å². The van der Waals surface area contributed by atoms with Crippen molar-refractivity contribution in [3.63, 3.8) is 0 Å². The zero-order chi connectivity index (χ0) is 12.1. The molecule has 2 rings (SSSR count). The first-order valence-corrected chi connectivity index (χ1v) is 6.53. The van der Waals surface area contributed by atoms with Gasteiger partial charge in [0.15, 0.2) is 5.16 Å². The largest absolute Gasteiger partial charge is 0.464 e. The van der Waals surface area contributed by atoms with Crippen molar-refractivity contribution < 1.29 is 4.42 Å². The Bertz CT molecular complexity index is 465. The van der Waals surface area contributed by atoms with E-state index in [9.17, 15) is 0 Å². The Morgan fingerprint density at radius 2 is 2.24 bits per heavy atom. The fourth-order valence-corrected chi connectivity index (χ4v) is 2.16. The fourth-order valence-electron chi connectivity index (χ4n) is 1.38. The molecule has 0 radical (unpaired) electrons. The summed E-state index contributed by atoms with van der Waals surface area (Å²) in [6.07, 6.45) is 1.70. The Morgan fingerprint density at radius 1 is 1.41 bits per heavy atom. The number of thioether (sulfide) groups is 1. The smallest absolute Gasteiger partial charge is 0.191 e. The van der Waals surface area contributed by atoms with Gasteiger partial charge in [0, 0.05) is 7.05 Å². The predicted molar refractivity (Wildman–Crippen MR) is 66.7 cm³/mol. The minimum Gasteiger partial charge on any atom is -0.464 e. The van der Waals surface area contributed by atoms with E-state index >= 15 is 0 Å². The molecule has 1 N–H and O–H groups in total. The summed E-state index contributed by atoms with van der Waals surface area (Å²) in [6.45, 7) is 3.81. The predicted octanol–water partition coefficient (Wildman–Crippen LogP) is 1.81. The number of hydrogen-bond acceptors (Lipinski definition) is 5. The lowest BCUT2D eigenvalue weighted by atomic mass is 10.4. The third-order valence-electron chi connectivity index (χ3n) is 2.28. The van der Waals surface area contributed by atoms with E-state index < -0.39 is 0 Å². The summed E-state index contributed by atoms with van der Waals surface area (Å²) in [5, 5.41) is 12.0. The maximum absolute atomic E-state index is 5.68. The molecule has 0 atom stereocenters. The van der Waals surface area contributed by atoms with Gasteiger partial charge in [0.1, 0.15) is 17.8 Å². The molecular weight excluding hydrogens is 236 g/mol. The molecule has 0 amide bonds. The van der Waals surface area contributed by atoms with Crippen LogP contribution in [0.2, 0.25) is 0 Å². The number of nitrogens with one attached hydrogen (secondary N) is 1. The molecule has 2 aromatic rings. The van der Waals surface area contributed by atoms with Crippen molar-refractivity contribution in [3.8, 4) is 0 Å². The van der Waals surface area contributed by atoms with Crippen LogP contribution in [0.1, 0.15) is 18.4 Å². The molecule has 92 valence electrons. The van der Waals surface area contributed by atoms with Crippen LogP contribution in [0.5, 0.6) is 0 Å². The maximum atomic E-state index is 5.68. The molecule has 5 nitrogen and oxygen atoms in total. The van der Waals surface area contributed by atoms with Crippen LogP contribution in [-0.4, -0.2) is 21.3 Å². The molecule has 0 aliphatic rings. The minimum atomic E-state index is 0.776. The highest BCUT2D eigenvalue weighted by Gasteiger charge is 2.05. The summed E-state index contributed by atoms with van der Waals surface area (Å²) in [5.41, 5.74) is 0. The van der Waals surface area contributed by atoms with Gasteiger partial charge in [-0.25, -0.2) is 0 Å². The molecule has 0 unspecified atom stereocenters. The van der Waals surface area contributed by atoms with Gasteiger partial charge < -0.3 is 14.3 Å². The topological polar surface area (TPSA) is 55.9 Å². The zero-order valence-corrected chi connectivity index (χ0v) is 10.8. The van der Waals surface area contributed by atoms with Crippen molar-refractivity contribution in [2.45, 2.75) is 24.4 Å². The summed E-state index contributed by atoms with van der Waals surface area (Å²) in [6, 6.07) is 4.02. The van der Waals surface area contributed by atoms with E-state index in [-0.39, 0.29) is 0 Å². The Kier molecular flexibility index (Phi) is 4.22. The number of hydrogen-bond donors (Lipinski definition) is 1. The number of rotatable bonds is 6. The van der Waals surface area contributed by atoms with Crippen LogP contribution in [0.4, 0.5) is 0 Å². The molecule has 0 saturated carbocycles. The fraction of sp³-hybridized carbons (Fsp3) is 0.455. The average molecular weight is 252 g/mol. The quantitative estimate of drug-likeness (QED) is 0.795. The Morgan fingerprint density at radius 3 is 2.94 bits per heavy atom. The van der Waals surface area contributed by atoms with Crippen LogP contribution in [0.25, 0.3) is 0 Å². The van der Waals surface area contributed by atoms with Gasteiger partial charge in [-0.2, -0.15) is 0 Å². The van der Waals surface area contributed by atoms with Crippen molar-refractivity contribution in [3.05, 3.63) is 30.0 Å². The summed E-state index contributed by atoms with van der Waals surface area (Å²) in [7, 11) is 1.93. The maximum Gasteiger partial charge on any atom is 0.191 e. The molecular formula is C11H16N4OS. The normalized spacial score (nSPS) is 10.9. The van der Waals surface area contributed by atoms with Crippen molar-refractivity contribution in [2.24, 2.45) is 7.05 Å². The zero-order valence-electron chi connectivity index (χ0n) is 10.0. The second-order valence-corrected chi connectivity index (χ2v) is 4.60. The van der Waals surface area contributed by atoms with E-state index in [1.54, 1.807) is 18.1 Å². The van der Waals surface area contributed by atoms with Gasteiger partial charge in [0.2, 0.25) is 0 Å². The highest BCUT2D eigenvalue weighted by atomic mass is 32.2. The standard InChI is InChI=1S/C11H16N4OS/c1-3-12-6-9-4-5-10(16-9)7-17-11-14-13-8-15(11)2/h4-5,8,12H,3,6-7H2,1-2H3. The van der Waals surface area contributed by atoms with Gasteiger partial charge in [-0.05, 0) is 18.7 Å². The highest BCUT2D eigenvalue weighted by molar-refractivity contribution is 7.98. The van der Waals surface area contributed by atoms with Crippen LogP contribution in [-0.2, 0) is 19.3 Å². The Labute approximate surface area is 105 Å². The van der Waals surface area contributed by atoms with Crippen LogP contribution in [0, 0.1) is 0 Å². The average Bonchev–Trinajstić information content (AvgIpc) is 2.93. The SMILES string of the molecule is CCNCc1ccc(CSc2nncn2C)o1. The lowest BCUT2D eigenvalue weighted by Gasteiger charge is -1.99. The first-order chi connectivity index (χ1) is 8.29. The van der Waals surface area contributed by atoms with Crippen LogP contribution < -0.4 is 5.32 Å². The second kappa shape index (κ2) is 5.88. The molecule has 0 aromatic carbocycles. The second-order valence-electron chi connectivity index (χ2n) is 3.66. The lowest BCUT2D eigenvalue weighted by Crippen LogP contribution is -2.10. The Balaban J connectivity index is 1.87. The van der Waals surface area contributed by atoms with E-state index in [2.05, 4.69) is 22.4 Å². The lowest BCUT2D eigenvalue weighted by molar-refractivity contribution is 0.462. The third kappa shape index (κ3) is 3.34. The van der Waals surface area contributed by atoms with E-state index in [0.717, 1.165) is 35.5 Å². The summed E-state index contributed by atoms with van der Waals surface area (Å²) < 4.78 is 7.58. The number of nitrogens with zero attached hydrogens (tertiary/aromatic N) is 3. The number of aromatic nitrogens is 3. The van der Waals surface area contributed by atoms with Crippen molar-refractivity contribution >= 4 is 11.8 Å².